The number of carboxylic acid groups (broad SMARTS) is 1. The second-order valence-electron chi connectivity index (χ2n) is 17.2. The Morgan fingerprint density at radius 2 is 1.34 bits per heavy atom. The first-order chi connectivity index (χ1) is 31.6. The van der Waals surface area contributed by atoms with E-state index in [1.54, 1.807) is 0 Å². The highest BCUT2D eigenvalue weighted by molar-refractivity contribution is 7.95. The van der Waals surface area contributed by atoms with Gasteiger partial charge in [0.05, 0.1) is 34.8 Å². The number of hydrogen-bond donors (Lipinski definition) is 10. The first-order valence-electron chi connectivity index (χ1n) is 20.6. The lowest BCUT2D eigenvalue weighted by Gasteiger charge is -2.49. The Balaban J connectivity index is 1.22. The lowest BCUT2D eigenvalue weighted by atomic mass is 9.65. The maximum absolute atomic E-state index is 13.3. The van der Waals surface area contributed by atoms with Crippen LogP contribution in [0.2, 0.25) is 0 Å². The van der Waals surface area contributed by atoms with Crippen LogP contribution in [0.5, 0.6) is 0 Å². The van der Waals surface area contributed by atoms with E-state index in [4.69, 9.17) is 5.26 Å². The van der Waals surface area contributed by atoms with E-state index in [0.29, 0.717) is 12.0 Å². The molecule has 6 rings (SSSR count). The van der Waals surface area contributed by atoms with Gasteiger partial charge in [0.15, 0.2) is 11.4 Å². The minimum Gasteiger partial charge on any atom is -0.476 e. The Bertz CT molecular complexity index is 2640. The minimum absolute atomic E-state index is 0.0387. The molecule has 32 nitrogen and oxygen atoms in total. The molecule has 68 heavy (non-hydrogen) atoms. The van der Waals surface area contributed by atoms with Crippen LogP contribution in [0, 0.1) is 22.0 Å². The van der Waals surface area contributed by atoms with Crippen LogP contribution in [0.4, 0.5) is 5.69 Å². The molecule has 0 radical (unpaired) electrons. The molecule has 14 atom stereocenters. The Morgan fingerprint density at radius 3 is 1.91 bits per heavy atom. The number of azo groups is 3. The number of fused-ring (bicyclic) bond motifs is 1. The second kappa shape index (κ2) is 21.0. The highest BCUT2D eigenvalue weighted by Gasteiger charge is 2.57. The Kier molecular flexibility index (Phi) is 16.6. The number of rotatable bonds is 16. The predicted octanol–water partition coefficient (Wildman–Crippen LogP) is -0.174. The normalized spacial score (nSPS) is 36.8. The van der Waals surface area contributed by atoms with E-state index in [1.807, 2.05) is 0 Å². The zero-order chi connectivity index (χ0) is 50.3. The molecule has 4 saturated carbocycles. The molecule has 10 N–H and O–H groups in total. The molecule has 4 aliphatic carbocycles. The van der Waals surface area contributed by atoms with Crippen molar-refractivity contribution in [3.63, 3.8) is 0 Å². The molecule has 2 heterocycles. The van der Waals surface area contributed by atoms with E-state index >= 15 is 0 Å². The van der Waals surface area contributed by atoms with E-state index in [0.717, 1.165) is 4.68 Å². The summed E-state index contributed by atoms with van der Waals surface area (Å²) in [6.07, 6.45) is -7.57. The summed E-state index contributed by atoms with van der Waals surface area (Å²) >= 11 is 0.368. The lowest BCUT2D eigenvalue weighted by Crippen LogP contribution is -2.61. The third-order valence-corrected chi connectivity index (χ3v) is 19.2. The second-order valence-corrected chi connectivity index (χ2v) is 24.7. The van der Waals surface area contributed by atoms with Crippen LogP contribution in [0.15, 0.2) is 35.5 Å². The molecule has 37 heteroatoms. The summed E-state index contributed by atoms with van der Waals surface area (Å²) in [7, 11) is -19.5. The lowest BCUT2D eigenvalue weighted by molar-refractivity contribution is -0.526. The minimum atomic E-state index is -5.13. The fourth-order valence-electron chi connectivity index (χ4n) is 9.79. The standard InChI is InChI=1S/C31H48N10O22S5/c42-28-23-12(7-18(64-63-62-49)24(28)36-33-16-6-3-14(41(47)48)9-19(16)66(53,54)55)8-21(68(59,60)61)25(29(23)43)37-34-17-11-32-22(10-20(17)67(56,57)58)35-38-26-27(31(45)46)39-40(30(26)44)13-1-4-15(5-2-13)65(50,51)52/h12-25,28-29,32,39,42-43,49H,1-11H2,(H,45,46)(H,50,51,52)(H,53,54,55)(H,56,57,58)(H,59,60,61). The number of hydrogen-bond acceptors (Lipinski definition) is 25. The number of piperidine rings is 1. The highest BCUT2D eigenvalue weighted by Crippen LogP contribution is 2.48. The van der Waals surface area contributed by atoms with E-state index < -0.39 is 187 Å². The summed E-state index contributed by atoms with van der Waals surface area (Å²) in [6.45, 7) is -0.520. The zero-order valence-corrected chi connectivity index (χ0v) is 39.0. The maximum atomic E-state index is 13.3. The predicted molar refractivity (Wildman–Crippen MR) is 226 cm³/mol. The van der Waals surface area contributed by atoms with Gasteiger partial charge in [-0.2, -0.15) is 59.2 Å². The number of nitrogens with zero attached hydrogens (tertiary/aromatic N) is 8. The van der Waals surface area contributed by atoms with Crippen LogP contribution >= 0.6 is 12.0 Å². The molecule has 0 amide bonds. The van der Waals surface area contributed by atoms with Gasteiger partial charge < -0.3 is 15.3 Å². The number of carboxylic acids is 1. The molecule has 14 unspecified atom stereocenters. The SMILES string of the molecule is O=C(O)c1[nH]n(C2CCC(S(=O)(=O)O)CC2)c(=O)c1N=NC1CC(S(=O)(=O)O)C(N=NC2C(O)C3C(CC(SOOO)C(N=NC4CCC([N+](=O)[O-])CC4S(=O)(=O)O)C3O)CC2S(=O)(=O)O)CN1. The first kappa shape index (κ1) is 53.8. The van der Waals surface area contributed by atoms with Crippen LogP contribution in [0.3, 0.4) is 0 Å². The van der Waals surface area contributed by atoms with Crippen LogP contribution < -0.4 is 10.9 Å². The summed E-state index contributed by atoms with van der Waals surface area (Å²) in [4.78, 5) is 36.1. The Labute approximate surface area is 389 Å². The Hall–Kier alpha value is -3.57. The summed E-state index contributed by atoms with van der Waals surface area (Å²) in [5.74, 6) is -4.03. The highest BCUT2D eigenvalue weighted by atomic mass is 32.2. The molecule has 0 spiro atoms. The summed E-state index contributed by atoms with van der Waals surface area (Å²) in [5, 5.41) is 78.1. The largest absolute Gasteiger partial charge is 0.476 e. The van der Waals surface area contributed by atoms with Gasteiger partial charge in [0.2, 0.25) is 6.04 Å². The van der Waals surface area contributed by atoms with Crippen molar-refractivity contribution in [2.24, 2.45) is 42.5 Å². The summed E-state index contributed by atoms with van der Waals surface area (Å²) in [6, 6.07) is -8.38. The smallest absolute Gasteiger partial charge is 0.356 e. The van der Waals surface area contributed by atoms with Crippen molar-refractivity contribution in [2.45, 2.75) is 145 Å². The number of H-pyrrole nitrogens is 1. The number of aromatic amines is 1. The number of aromatic carboxylic acids is 1. The zero-order valence-electron chi connectivity index (χ0n) is 34.9. The van der Waals surface area contributed by atoms with Gasteiger partial charge in [0, 0.05) is 48.7 Å². The van der Waals surface area contributed by atoms with Gasteiger partial charge in [0.1, 0.15) is 40.0 Å². The quantitative estimate of drug-likeness (QED) is 0.0256. The van der Waals surface area contributed by atoms with Crippen LogP contribution in [-0.4, -0.2) is 175 Å². The molecule has 0 bridgehead atoms. The molecule has 1 saturated heterocycles. The van der Waals surface area contributed by atoms with Crippen molar-refractivity contribution in [1.29, 1.82) is 0 Å². The fraction of sp³-hybridized carbons (Fsp3) is 0.871. The van der Waals surface area contributed by atoms with Gasteiger partial charge in [-0.15, -0.1) is 9.45 Å². The van der Waals surface area contributed by atoms with Crippen molar-refractivity contribution < 1.29 is 91.5 Å². The molecule has 5 aliphatic rings. The van der Waals surface area contributed by atoms with Crippen molar-refractivity contribution >= 4 is 64.2 Å². The number of aliphatic hydroxyl groups excluding tert-OH is 2. The van der Waals surface area contributed by atoms with Crippen LogP contribution in [-0.2, 0) is 49.8 Å². The summed E-state index contributed by atoms with van der Waals surface area (Å²) < 4.78 is 144. The van der Waals surface area contributed by atoms with Gasteiger partial charge in [-0.25, -0.2) is 14.7 Å². The van der Waals surface area contributed by atoms with Crippen molar-refractivity contribution in [3.05, 3.63) is 26.2 Å². The van der Waals surface area contributed by atoms with E-state index in [9.17, 15) is 86.9 Å². The Morgan fingerprint density at radius 1 is 0.750 bits per heavy atom. The van der Waals surface area contributed by atoms with Crippen molar-refractivity contribution in [3.8, 4) is 0 Å². The molecular formula is C31H48N10O22S5. The van der Waals surface area contributed by atoms with Gasteiger partial charge >= 0.3 is 5.97 Å². The van der Waals surface area contributed by atoms with Crippen molar-refractivity contribution in [1.82, 2.24) is 15.1 Å². The molecule has 384 valence electrons. The topological polar surface area (TPSA) is 501 Å². The third kappa shape index (κ3) is 12.1. The van der Waals surface area contributed by atoms with Gasteiger partial charge in [-0.05, 0) is 50.9 Å². The van der Waals surface area contributed by atoms with Crippen LogP contribution in [0.1, 0.15) is 80.7 Å². The third-order valence-electron chi connectivity index (χ3n) is 13.2. The molecule has 1 aromatic rings. The van der Waals surface area contributed by atoms with Crippen LogP contribution in [0.25, 0.3) is 0 Å². The van der Waals surface area contributed by atoms with Crippen molar-refractivity contribution in [2.75, 3.05) is 6.54 Å². The molecule has 1 aromatic heterocycles. The van der Waals surface area contributed by atoms with E-state index in [-0.39, 0.29) is 44.9 Å². The summed E-state index contributed by atoms with van der Waals surface area (Å²) in [5.41, 5.74) is -2.40. The van der Waals surface area contributed by atoms with Gasteiger partial charge in [-0.1, -0.05) is 5.04 Å². The number of nitrogens with one attached hydrogen (secondary N) is 2. The fourth-order valence-corrected chi connectivity index (χ4v) is 14.5. The molecule has 0 aromatic carbocycles. The number of nitro groups is 1. The number of aliphatic hydroxyl groups is 2. The monoisotopic (exact) mass is 1070 g/mol. The molecule has 1 aliphatic heterocycles. The van der Waals surface area contributed by atoms with Gasteiger partial charge in [0.25, 0.3) is 46.0 Å². The molecular weight excluding hydrogens is 1020 g/mol. The van der Waals surface area contributed by atoms with E-state index in [1.165, 1.54) is 0 Å². The maximum Gasteiger partial charge on any atom is 0.356 e. The van der Waals surface area contributed by atoms with Gasteiger partial charge in [-0.3, -0.25) is 43.5 Å². The number of aromatic nitrogens is 2. The first-order valence-corrected chi connectivity index (χ1v) is 27.4. The number of carbonyl (C=O) groups is 1. The average molecular weight is 1070 g/mol. The van der Waals surface area contributed by atoms with E-state index in [2.05, 4.69) is 50.5 Å². The average Bonchev–Trinajstić information content (AvgIpc) is 3.58. The molecule has 5 fully saturated rings.